The van der Waals surface area contributed by atoms with Crippen LogP contribution in [0.2, 0.25) is 10.0 Å². The number of nitrogens with zero attached hydrogens (tertiary/aromatic N) is 3. The van der Waals surface area contributed by atoms with Crippen LogP contribution in [0.25, 0.3) is 0 Å². The fourth-order valence-electron chi connectivity index (χ4n) is 5.56. The number of benzene rings is 3. The second-order valence-corrected chi connectivity index (χ2v) is 12.6. The van der Waals surface area contributed by atoms with E-state index in [0.717, 1.165) is 0 Å². The van der Waals surface area contributed by atoms with Crippen LogP contribution >= 0.6 is 23.2 Å². The van der Waals surface area contributed by atoms with Gasteiger partial charge in [-0.15, -0.1) is 0 Å². The Labute approximate surface area is 271 Å². The highest BCUT2D eigenvalue weighted by atomic mass is 35.5. The van der Waals surface area contributed by atoms with Crippen LogP contribution in [0, 0.1) is 11.3 Å². The van der Waals surface area contributed by atoms with Crippen molar-refractivity contribution in [3.8, 4) is 23.3 Å². The Morgan fingerprint density at radius 3 is 2.24 bits per heavy atom. The lowest BCUT2D eigenvalue weighted by atomic mass is 9.75. The van der Waals surface area contributed by atoms with Crippen molar-refractivity contribution < 1.29 is 27.4 Å². The van der Waals surface area contributed by atoms with E-state index in [1.807, 2.05) is 0 Å². The van der Waals surface area contributed by atoms with Crippen LogP contribution < -0.4 is 24.2 Å². The molecule has 1 heterocycles. The summed E-state index contributed by atoms with van der Waals surface area (Å²) in [7, 11) is 0.544. The summed E-state index contributed by atoms with van der Waals surface area (Å²) in [5, 5.41) is 16.8. The van der Waals surface area contributed by atoms with Crippen molar-refractivity contribution in [2.24, 2.45) is 10.1 Å². The van der Waals surface area contributed by atoms with Gasteiger partial charge in [0.1, 0.15) is 5.75 Å². The summed E-state index contributed by atoms with van der Waals surface area (Å²) in [6, 6.07) is 16.4. The van der Waals surface area contributed by atoms with E-state index in [1.54, 1.807) is 47.4 Å². The smallest absolute Gasteiger partial charge is 0.238 e. The van der Waals surface area contributed by atoms with Gasteiger partial charge in [0.15, 0.2) is 23.1 Å². The van der Waals surface area contributed by atoms with Crippen molar-refractivity contribution in [2.45, 2.75) is 30.1 Å². The molecule has 0 bridgehead atoms. The van der Waals surface area contributed by atoms with E-state index in [0.29, 0.717) is 74.6 Å². The van der Waals surface area contributed by atoms with Gasteiger partial charge in [0.05, 0.1) is 43.8 Å². The molecule has 0 saturated carbocycles. The lowest BCUT2D eigenvalue weighted by Crippen LogP contribution is -2.35. The minimum Gasteiger partial charge on any atom is -0.496 e. The summed E-state index contributed by atoms with van der Waals surface area (Å²) in [6.45, 7) is 0. The van der Waals surface area contributed by atoms with Crippen LogP contribution in [0.3, 0.4) is 0 Å². The van der Waals surface area contributed by atoms with Crippen molar-refractivity contribution >= 4 is 50.9 Å². The highest BCUT2D eigenvalue weighted by molar-refractivity contribution is 7.89. The highest BCUT2D eigenvalue weighted by Gasteiger charge is 2.42. The number of Topliss-reactive ketones (excluding diaryl/α,β-unsaturated/α-hetero) is 1. The molecule has 1 unspecified atom stereocenters. The Kier molecular flexibility index (Phi) is 9.23. The number of nitrogens with two attached hydrogens (primary N) is 1. The van der Waals surface area contributed by atoms with Crippen molar-refractivity contribution in [3.63, 3.8) is 0 Å². The number of hydrogen-bond donors (Lipinski definition) is 1. The fourth-order valence-corrected chi connectivity index (χ4v) is 6.60. The quantitative estimate of drug-likeness (QED) is 0.283. The summed E-state index contributed by atoms with van der Waals surface area (Å²) >= 11 is 12.9. The van der Waals surface area contributed by atoms with E-state index in [9.17, 15) is 18.5 Å². The van der Waals surface area contributed by atoms with Crippen molar-refractivity contribution in [2.75, 3.05) is 26.2 Å². The molecule has 3 aromatic rings. The molecule has 13 heteroatoms. The van der Waals surface area contributed by atoms with E-state index in [1.165, 1.54) is 39.7 Å². The maximum Gasteiger partial charge on any atom is 0.238 e. The van der Waals surface area contributed by atoms with Crippen LogP contribution in [-0.4, -0.2) is 41.7 Å². The number of aliphatic imine (C=N–C) groups is 1. The molecule has 2 aliphatic rings. The Balaban J connectivity index is 1.80. The Bertz CT molecular complexity index is 1930. The van der Waals surface area contributed by atoms with Crippen molar-refractivity contribution in [1.29, 1.82) is 5.26 Å². The largest absolute Gasteiger partial charge is 0.496 e. The Morgan fingerprint density at radius 1 is 0.978 bits per heavy atom. The van der Waals surface area contributed by atoms with E-state index in [-0.39, 0.29) is 22.1 Å². The number of sulfonamides is 1. The van der Waals surface area contributed by atoms with Crippen LogP contribution in [0.4, 0.5) is 5.69 Å². The molecular weight excluding hydrogens is 639 g/mol. The second-order valence-electron chi connectivity index (χ2n) is 10.2. The topological polar surface area (TPSA) is 144 Å². The number of methoxy groups -OCH3 is 3. The van der Waals surface area contributed by atoms with Gasteiger partial charge in [-0.2, -0.15) is 5.26 Å². The van der Waals surface area contributed by atoms with Gasteiger partial charge in [0.25, 0.3) is 0 Å². The number of rotatable bonds is 8. The first-order valence-corrected chi connectivity index (χ1v) is 15.9. The average molecular weight is 668 g/mol. The van der Waals surface area contributed by atoms with Crippen molar-refractivity contribution in [3.05, 3.63) is 98.4 Å². The number of halogens is 2. The zero-order chi connectivity index (χ0) is 32.5. The third-order valence-electron chi connectivity index (χ3n) is 7.61. The van der Waals surface area contributed by atoms with Gasteiger partial charge >= 0.3 is 0 Å². The van der Waals surface area contributed by atoms with Gasteiger partial charge in [-0.25, -0.2) is 18.5 Å². The fraction of sp³-hybridized carbons (Fsp3) is 0.219. The Morgan fingerprint density at radius 2 is 1.64 bits per heavy atom. The molecule has 0 amide bonds. The van der Waals surface area contributed by atoms with Gasteiger partial charge < -0.3 is 14.2 Å². The van der Waals surface area contributed by atoms with E-state index < -0.39 is 15.9 Å². The van der Waals surface area contributed by atoms with Crippen LogP contribution in [0.5, 0.6) is 17.2 Å². The molecule has 232 valence electrons. The molecule has 0 aromatic heterocycles. The Hall–Kier alpha value is -4.34. The molecule has 0 saturated heterocycles. The maximum absolute atomic E-state index is 13.7. The number of primary sulfonamides is 1. The van der Waals surface area contributed by atoms with E-state index in [4.69, 9.17) is 47.5 Å². The first kappa shape index (κ1) is 32.1. The molecule has 45 heavy (non-hydrogen) atoms. The van der Waals surface area contributed by atoms with Gasteiger partial charge in [0, 0.05) is 51.3 Å². The number of hydrogen-bond acceptors (Lipinski definition) is 9. The van der Waals surface area contributed by atoms with Gasteiger partial charge in [-0.3, -0.25) is 9.69 Å². The molecule has 1 aliphatic carbocycles. The third kappa shape index (κ3) is 6.15. The number of carbonyl (C=O) groups is 1. The molecule has 0 radical (unpaired) electrons. The number of allylic oxidation sites excluding steroid dienone is 3. The number of anilines is 1. The van der Waals surface area contributed by atoms with Crippen LogP contribution in [0.1, 0.15) is 36.3 Å². The molecular formula is C32H28Cl2N4O6S. The van der Waals surface area contributed by atoms with E-state index >= 15 is 0 Å². The lowest BCUT2D eigenvalue weighted by molar-refractivity contribution is -0.116. The molecule has 3 aromatic carbocycles. The number of carbonyl (C=O) groups excluding carboxylic acids is 1. The molecule has 2 N–H and O–H groups in total. The molecule has 10 nitrogen and oxygen atoms in total. The first-order chi connectivity index (χ1) is 21.5. The zero-order valence-electron chi connectivity index (χ0n) is 24.5. The summed E-state index contributed by atoms with van der Waals surface area (Å²) in [6.07, 6.45) is 2.86. The predicted octanol–water partition coefficient (Wildman–Crippen LogP) is 6.13. The number of ether oxygens (including phenoxy) is 3. The summed E-state index contributed by atoms with van der Waals surface area (Å²) < 4.78 is 40.5. The summed E-state index contributed by atoms with van der Waals surface area (Å²) in [4.78, 5) is 20.1. The summed E-state index contributed by atoms with van der Waals surface area (Å²) in [5.74, 6) is 0.563. The second kappa shape index (κ2) is 12.9. The first-order valence-electron chi connectivity index (χ1n) is 13.6. The number of nitriles is 1. The highest BCUT2D eigenvalue weighted by Crippen LogP contribution is 2.49. The number of ketones is 1. The lowest BCUT2D eigenvalue weighted by Gasteiger charge is -2.39. The van der Waals surface area contributed by atoms with Crippen LogP contribution in [0.15, 0.2) is 87.1 Å². The van der Waals surface area contributed by atoms with Gasteiger partial charge in [-0.05, 0) is 60.9 Å². The molecule has 0 spiro atoms. The SMILES string of the molecule is COc1cc(OC)c(OC)cc1/C=N/C1=C(C#N)C(c2ccc(Cl)cc2Cl)C2=C(CCCC2=O)N1c1ccc(S(N)(=O)=O)cc1. The van der Waals surface area contributed by atoms with Gasteiger partial charge in [-0.1, -0.05) is 29.3 Å². The third-order valence-corrected chi connectivity index (χ3v) is 9.10. The van der Waals surface area contributed by atoms with Gasteiger partial charge in [0.2, 0.25) is 10.0 Å². The minimum atomic E-state index is -3.97. The average Bonchev–Trinajstić information content (AvgIpc) is 3.02. The maximum atomic E-state index is 13.7. The molecule has 1 atom stereocenters. The normalized spacial score (nSPS) is 17.0. The van der Waals surface area contributed by atoms with Crippen LogP contribution in [-0.2, 0) is 14.8 Å². The van der Waals surface area contributed by atoms with Crippen molar-refractivity contribution in [1.82, 2.24) is 0 Å². The predicted molar refractivity (Wildman–Crippen MR) is 172 cm³/mol. The monoisotopic (exact) mass is 666 g/mol. The minimum absolute atomic E-state index is 0.0902. The van der Waals surface area contributed by atoms with E-state index in [2.05, 4.69) is 6.07 Å². The molecule has 0 fully saturated rings. The molecule has 5 rings (SSSR count). The molecule has 1 aliphatic heterocycles. The summed E-state index contributed by atoms with van der Waals surface area (Å²) in [5.41, 5.74) is 2.71. The zero-order valence-corrected chi connectivity index (χ0v) is 26.8. The standard InChI is InChI=1S/C32H28Cl2N4O6S/c1-42-27-15-29(44-3)28(43-2)13-18(27)17-37-32-23(16-35)30(22-12-7-19(33)14-24(22)34)31-25(5-4-6-26(31)39)38(32)20-8-10-21(11-9-20)45(36,40)41/h7-15,17,30H,4-6H2,1-3H3,(H2,36,40,41)/b37-17+.